The van der Waals surface area contributed by atoms with Crippen LogP contribution in [0, 0.1) is 5.82 Å². The maximum Gasteiger partial charge on any atom is 0.290 e. The summed E-state index contributed by atoms with van der Waals surface area (Å²) in [5, 5.41) is 2.79. The molecule has 1 aliphatic rings. The number of hydrogen-bond acceptors (Lipinski definition) is 4. The Morgan fingerprint density at radius 3 is 2.78 bits per heavy atom. The fraction of sp³-hybridized carbons (Fsp3) is 0.167. The van der Waals surface area contributed by atoms with Crippen molar-refractivity contribution < 1.29 is 14.0 Å². The number of hydrogen-bond donors (Lipinski definition) is 1. The Hall–Kier alpha value is -4.07. The Morgan fingerprint density at radius 2 is 1.97 bits per heavy atom. The summed E-state index contributed by atoms with van der Waals surface area (Å²) in [6.07, 6.45) is 1.71. The first kappa shape index (κ1) is 19.9. The Morgan fingerprint density at radius 1 is 1.06 bits per heavy atom. The third kappa shape index (κ3) is 3.82. The number of carbonyl (C=O) groups excluding carboxylic acids is 2. The van der Waals surface area contributed by atoms with Gasteiger partial charge in [0.15, 0.2) is 5.82 Å². The van der Waals surface area contributed by atoms with Crippen LogP contribution in [-0.2, 0) is 19.6 Å². The van der Waals surface area contributed by atoms with Crippen molar-refractivity contribution in [1.29, 1.82) is 0 Å². The van der Waals surface area contributed by atoms with Gasteiger partial charge in [-0.1, -0.05) is 18.2 Å². The largest absolute Gasteiger partial charge is 0.348 e. The molecule has 5 rings (SSSR count). The highest BCUT2D eigenvalue weighted by molar-refractivity contribution is 6.00. The molecule has 1 N–H and O–H groups in total. The second-order valence-corrected chi connectivity index (χ2v) is 7.65. The average molecular weight is 429 g/mol. The van der Waals surface area contributed by atoms with Crippen LogP contribution in [-0.4, -0.2) is 37.8 Å². The molecule has 0 aliphatic carbocycles. The number of nitrogens with zero attached hydrogens (tertiary/aromatic N) is 4. The van der Waals surface area contributed by atoms with Crippen LogP contribution < -0.4 is 5.32 Å². The van der Waals surface area contributed by atoms with Gasteiger partial charge in [-0.25, -0.2) is 9.37 Å². The smallest absolute Gasteiger partial charge is 0.290 e. The summed E-state index contributed by atoms with van der Waals surface area (Å²) in [6.45, 7) is 1.82. The van der Waals surface area contributed by atoms with Crippen LogP contribution in [0.3, 0.4) is 0 Å². The number of pyridine rings is 1. The molecule has 0 spiro atoms. The fourth-order valence-electron chi connectivity index (χ4n) is 3.89. The minimum atomic E-state index is -0.344. The zero-order chi connectivity index (χ0) is 22.1. The van der Waals surface area contributed by atoms with Crippen molar-refractivity contribution in [2.75, 3.05) is 6.54 Å². The van der Waals surface area contributed by atoms with Gasteiger partial charge >= 0.3 is 0 Å². The molecule has 0 bridgehead atoms. The van der Waals surface area contributed by atoms with E-state index >= 15 is 0 Å². The maximum atomic E-state index is 13.3. The number of aromatic nitrogens is 3. The lowest BCUT2D eigenvalue weighted by Crippen LogP contribution is -2.40. The van der Waals surface area contributed by atoms with E-state index in [1.807, 2.05) is 28.8 Å². The molecule has 2 aromatic carbocycles. The molecule has 32 heavy (non-hydrogen) atoms. The lowest BCUT2D eigenvalue weighted by atomic mass is 10.1. The Labute approximate surface area is 183 Å². The van der Waals surface area contributed by atoms with Crippen LogP contribution in [0.15, 0.2) is 66.9 Å². The first-order chi connectivity index (χ1) is 15.6. The average Bonchev–Trinajstić information content (AvgIpc) is 3.19. The number of imidazole rings is 1. The fourth-order valence-corrected chi connectivity index (χ4v) is 3.89. The third-order valence-electron chi connectivity index (χ3n) is 5.50. The van der Waals surface area contributed by atoms with E-state index in [0.717, 1.165) is 11.2 Å². The summed E-state index contributed by atoms with van der Waals surface area (Å²) in [4.78, 5) is 36.1. The van der Waals surface area contributed by atoms with Crippen LogP contribution in [0.5, 0.6) is 0 Å². The van der Waals surface area contributed by atoms with Crippen molar-refractivity contribution in [2.24, 2.45) is 0 Å². The summed E-state index contributed by atoms with van der Waals surface area (Å²) in [5.41, 5.74) is 3.33. The first-order valence-electron chi connectivity index (χ1n) is 10.3. The topological polar surface area (TPSA) is 80.1 Å². The molecule has 160 valence electrons. The molecular weight excluding hydrogens is 409 g/mol. The van der Waals surface area contributed by atoms with Gasteiger partial charge in [0.1, 0.15) is 5.82 Å². The lowest BCUT2D eigenvalue weighted by Gasteiger charge is -2.27. The van der Waals surface area contributed by atoms with Gasteiger partial charge in [-0.3, -0.25) is 14.6 Å². The highest BCUT2D eigenvalue weighted by atomic mass is 19.1. The highest BCUT2D eigenvalue weighted by Crippen LogP contribution is 2.23. The van der Waals surface area contributed by atoms with E-state index in [1.54, 1.807) is 35.4 Å². The minimum absolute atomic E-state index is 0.157. The van der Waals surface area contributed by atoms with Crippen LogP contribution in [0.2, 0.25) is 0 Å². The normalized spacial score (nSPS) is 13.3. The summed E-state index contributed by atoms with van der Waals surface area (Å²) in [6, 6.07) is 16.9. The Kier molecular flexibility index (Phi) is 5.10. The molecular formula is C24H20FN5O2. The van der Waals surface area contributed by atoms with Gasteiger partial charge in [0.05, 0.1) is 23.3 Å². The monoisotopic (exact) mass is 429 g/mol. The van der Waals surface area contributed by atoms with Gasteiger partial charge in [0, 0.05) is 31.4 Å². The predicted molar refractivity (Wildman–Crippen MR) is 116 cm³/mol. The molecule has 7 nitrogen and oxygen atoms in total. The van der Waals surface area contributed by atoms with Crippen molar-refractivity contribution in [2.45, 2.75) is 19.6 Å². The van der Waals surface area contributed by atoms with E-state index in [4.69, 9.17) is 0 Å². The standard InChI is InChI=1S/C24H20FN5O2/c25-18-5-3-4-16(12-18)14-27-23(31)17-7-8-21-20(13-17)28-22-24(32)29(10-11-30(21)22)15-19-6-1-2-9-26-19/h1-9,12-13H,10-11,14-15H2,(H,27,31). The van der Waals surface area contributed by atoms with Crippen LogP contribution in [0.25, 0.3) is 11.0 Å². The van der Waals surface area contributed by atoms with Crippen molar-refractivity contribution >= 4 is 22.8 Å². The molecule has 0 atom stereocenters. The van der Waals surface area contributed by atoms with E-state index in [9.17, 15) is 14.0 Å². The third-order valence-corrected chi connectivity index (χ3v) is 5.50. The number of amides is 2. The number of benzene rings is 2. The minimum Gasteiger partial charge on any atom is -0.348 e. The van der Waals surface area contributed by atoms with E-state index in [1.165, 1.54) is 12.1 Å². The molecule has 0 saturated carbocycles. The highest BCUT2D eigenvalue weighted by Gasteiger charge is 2.28. The van der Waals surface area contributed by atoms with Gasteiger partial charge in [-0.2, -0.15) is 0 Å². The molecule has 2 aromatic heterocycles. The molecule has 2 amide bonds. The SMILES string of the molecule is O=C(NCc1cccc(F)c1)c1ccc2c(c1)nc1n2CCN(Cc2ccccn2)C1=O. The van der Waals surface area contributed by atoms with Crippen molar-refractivity contribution in [1.82, 2.24) is 24.8 Å². The van der Waals surface area contributed by atoms with Crippen molar-refractivity contribution in [3.05, 3.63) is 95.3 Å². The molecule has 0 fully saturated rings. The van der Waals surface area contributed by atoms with Crippen molar-refractivity contribution in [3.8, 4) is 0 Å². The zero-order valence-corrected chi connectivity index (χ0v) is 17.2. The first-order valence-corrected chi connectivity index (χ1v) is 10.3. The predicted octanol–water partition coefficient (Wildman–Crippen LogP) is 3.16. The van der Waals surface area contributed by atoms with Gasteiger partial charge in [0.2, 0.25) is 0 Å². The van der Waals surface area contributed by atoms with Gasteiger partial charge in [-0.15, -0.1) is 0 Å². The summed E-state index contributed by atoms with van der Waals surface area (Å²) in [5.74, 6) is -0.427. The number of nitrogens with one attached hydrogen (secondary N) is 1. The van der Waals surface area contributed by atoms with Crippen LogP contribution >= 0.6 is 0 Å². The van der Waals surface area contributed by atoms with Gasteiger partial charge in [-0.05, 0) is 48.0 Å². The number of halogens is 1. The van der Waals surface area contributed by atoms with Crippen LogP contribution in [0.4, 0.5) is 4.39 Å². The van der Waals surface area contributed by atoms with Crippen molar-refractivity contribution in [3.63, 3.8) is 0 Å². The molecule has 4 aromatic rings. The maximum absolute atomic E-state index is 13.3. The molecule has 1 aliphatic heterocycles. The van der Waals surface area contributed by atoms with Crippen LogP contribution in [0.1, 0.15) is 32.2 Å². The summed E-state index contributed by atoms with van der Waals surface area (Å²) >= 11 is 0. The zero-order valence-electron chi connectivity index (χ0n) is 17.2. The summed E-state index contributed by atoms with van der Waals surface area (Å²) < 4.78 is 15.2. The van der Waals surface area contributed by atoms with Gasteiger partial charge in [0.25, 0.3) is 11.8 Å². The molecule has 0 radical (unpaired) electrons. The molecule has 3 heterocycles. The van der Waals surface area contributed by atoms with E-state index in [-0.39, 0.29) is 24.2 Å². The number of rotatable bonds is 5. The molecule has 8 heteroatoms. The summed E-state index contributed by atoms with van der Waals surface area (Å²) in [7, 11) is 0. The van der Waals surface area contributed by atoms with E-state index < -0.39 is 0 Å². The van der Waals surface area contributed by atoms with Gasteiger partial charge < -0.3 is 14.8 Å². The molecule has 0 unspecified atom stereocenters. The second-order valence-electron chi connectivity index (χ2n) is 7.65. The van der Waals surface area contributed by atoms with E-state index in [0.29, 0.717) is 42.1 Å². The Bertz CT molecular complexity index is 1320. The quantitative estimate of drug-likeness (QED) is 0.529. The molecule has 0 saturated heterocycles. The number of carbonyl (C=O) groups is 2. The number of fused-ring (bicyclic) bond motifs is 3. The van der Waals surface area contributed by atoms with E-state index in [2.05, 4.69) is 15.3 Å². The second kappa shape index (κ2) is 8.22. The Balaban J connectivity index is 1.34. The lowest BCUT2D eigenvalue weighted by molar-refractivity contribution is 0.0682.